The van der Waals surface area contributed by atoms with Crippen LogP contribution in [-0.2, 0) is 0 Å². The zero-order chi connectivity index (χ0) is 38.2. The van der Waals surface area contributed by atoms with E-state index in [2.05, 4.69) is 199 Å². The molecule has 0 aliphatic heterocycles. The molecule has 12 rings (SSSR count). The van der Waals surface area contributed by atoms with Crippen LogP contribution in [0.3, 0.4) is 0 Å². The van der Waals surface area contributed by atoms with Gasteiger partial charge in [0.1, 0.15) is 22.3 Å². The number of rotatable bonds is 6. The van der Waals surface area contributed by atoms with Gasteiger partial charge in [-0.1, -0.05) is 152 Å². The molecule has 0 atom stereocenters. The maximum Gasteiger partial charge on any atom is 0.144 e. The summed E-state index contributed by atoms with van der Waals surface area (Å²) < 4.78 is 16.3. The van der Waals surface area contributed by atoms with Crippen LogP contribution in [0.5, 0.6) is 0 Å². The first-order valence-electron chi connectivity index (χ1n) is 19.6. The Hall–Kier alpha value is -7.40. The minimum absolute atomic E-state index is 0.825. The van der Waals surface area contributed by atoms with Gasteiger partial charge in [0.25, 0.3) is 0 Å². The molecule has 0 unspecified atom stereocenters. The Morgan fingerprint density at radius 3 is 1.83 bits per heavy atom. The molecule has 0 saturated heterocycles. The van der Waals surface area contributed by atoms with Crippen molar-refractivity contribution in [2.75, 3.05) is 4.90 Å². The van der Waals surface area contributed by atoms with E-state index in [1.54, 1.807) is 0 Å². The van der Waals surface area contributed by atoms with Gasteiger partial charge in [0, 0.05) is 53.8 Å². The topological polar surface area (TPSA) is 29.5 Å². The summed E-state index contributed by atoms with van der Waals surface area (Å²) in [6, 6.07) is 71.2. The third kappa shape index (κ3) is 5.05. The number of benzene rings is 9. The fourth-order valence-corrected chi connectivity index (χ4v) is 10.1. The van der Waals surface area contributed by atoms with Gasteiger partial charge in [0.2, 0.25) is 0 Å². The zero-order valence-electron chi connectivity index (χ0n) is 31.2. The number of anilines is 3. The van der Waals surface area contributed by atoms with Crippen molar-refractivity contribution in [3.63, 3.8) is 0 Å². The second-order valence-corrected chi connectivity index (χ2v) is 15.8. The van der Waals surface area contributed by atoms with Crippen LogP contribution in [0.25, 0.3) is 97.4 Å². The molecule has 3 nitrogen and oxygen atoms in total. The number of nitrogens with zero attached hydrogens (tertiary/aromatic N) is 1. The normalized spacial score (nSPS) is 11.8. The van der Waals surface area contributed by atoms with Crippen molar-refractivity contribution in [2.24, 2.45) is 0 Å². The van der Waals surface area contributed by atoms with E-state index >= 15 is 0 Å². The summed E-state index contributed by atoms with van der Waals surface area (Å²) >= 11 is 1.85. The lowest BCUT2D eigenvalue weighted by molar-refractivity contribution is 0.664. The first kappa shape index (κ1) is 32.8. The van der Waals surface area contributed by atoms with Crippen LogP contribution < -0.4 is 4.90 Å². The van der Waals surface area contributed by atoms with Gasteiger partial charge in [-0.3, -0.25) is 0 Å². The summed E-state index contributed by atoms with van der Waals surface area (Å²) in [5.41, 5.74) is 13.4. The summed E-state index contributed by atoms with van der Waals surface area (Å²) in [6.07, 6.45) is 0. The molecule has 0 N–H and O–H groups in total. The van der Waals surface area contributed by atoms with Gasteiger partial charge in [-0.05, 0) is 70.8 Å². The molecule has 0 aliphatic carbocycles. The fraction of sp³-hybridized carbons (Fsp3) is 0. The van der Waals surface area contributed by atoms with Crippen LogP contribution in [0.15, 0.2) is 209 Å². The molecule has 9 aromatic carbocycles. The lowest BCUT2D eigenvalue weighted by Gasteiger charge is -2.28. The van der Waals surface area contributed by atoms with Crippen molar-refractivity contribution in [1.29, 1.82) is 0 Å². The van der Waals surface area contributed by atoms with Crippen LogP contribution >= 0.6 is 11.3 Å². The highest BCUT2D eigenvalue weighted by molar-refractivity contribution is 7.26. The first-order valence-corrected chi connectivity index (χ1v) is 20.4. The Bertz CT molecular complexity index is 3520. The standard InChI is InChI=1S/C54H33NO2S/c1-3-16-34(17-4-1)37-20-7-8-23-40(37)52-51-42-24-10-13-28-47(42)56-49(51)33-44-43-32-36(30-31-48(43)57-53(44)52)55(45-26-12-9-21-38(45)35-18-5-2-6-19-35)46-27-15-25-41-39-22-11-14-29-50(39)58-54(41)46/h1-33H. The highest BCUT2D eigenvalue weighted by atomic mass is 32.1. The van der Waals surface area contributed by atoms with E-state index in [1.165, 1.54) is 20.2 Å². The molecule has 0 aliphatic rings. The molecule has 0 fully saturated rings. The predicted molar refractivity (Wildman–Crippen MR) is 245 cm³/mol. The van der Waals surface area contributed by atoms with Crippen molar-refractivity contribution in [3.8, 4) is 33.4 Å². The third-order valence-corrected chi connectivity index (χ3v) is 12.7. The van der Waals surface area contributed by atoms with Crippen LogP contribution in [0.4, 0.5) is 17.1 Å². The quantitative estimate of drug-likeness (QED) is 0.169. The lowest BCUT2D eigenvalue weighted by atomic mass is 9.90. The van der Waals surface area contributed by atoms with E-state index < -0.39 is 0 Å². The van der Waals surface area contributed by atoms with E-state index in [9.17, 15) is 0 Å². The number of hydrogen-bond acceptors (Lipinski definition) is 4. The maximum absolute atomic E-state index is 7.05. The first-order chi connectivity index (χ1) is 28.8. The molecule has 272 valence electrons. The highest BCUT2D eigenvalue weighted by Gasteiger charge is 2.25. The Balaban J connectivity index is 1.16. The maximum atomic E-state index is 7.05. The van der Waals surface area contributed by atoms with Gasteiger partial charge in [0.05, 0.1) is 16.1 Å². The summed E-state index contributed by atoms with van der Waals surface area (Å²) in [6.45, 7) is 0. The van der Waals surface area contributed by atoms with Gasteiger partial charge >= 0.3 is 0 Å². The fourth-order valence-electron chi connectivity index (χ4n) is 8.92. The molecule has 3 heterocycles. The van der Waals surface area contributed by atoms with Crippen LogP contribution in [0, 0.1) is 0 Å². The molecule has 0 bridgehead atoms. The number of hydrogen-bond donors (Lipinski definition) is 0. The molecule has 12 aromatic rings. The highest BCUT2D eigenvalue weighted by Crippen LogP contribution is 2.50. The van der Waals surface area contributed by atoms with E-state index in [4.69, 9.17) is 8.83 Å². The van der Waals surface area contributed by atoms with E-state index in [1.807, 2.05) is 17.4 Å². The molecule has 0 radical (unpaired) electrons. The lowest BCUT2D eigenvalue weighted by Crippen LogP contribution is -2.11. The average molecular weight is 760 g/mol. The van der Waals surface area contributed by atoms with Crippen LogP contribution in [0.2, 0.25) is 0 Å². The predicted octanol–water partition coefficient (Wildman–Crippen LogP) is 16.3. The number of thiophene rings is 1. The van der Waals surface area contributed by atoms with Crippen molar-refractivity contribution in [2.45, 2.75) is 0 Å². The minimum Gasteiger partial charge on any atom is -0.456 e. The van der Waals surface area contributed by atoms with E-state index in [0.717, 1.165) is 94.3 Å². The number of furan rings is 2. The van der Waals surface area contributed by atoms with Crippen molar-refractivity contribution in [1.82, 2.24) is 0 Å². The summed E-state index contributed by atoms with van der Waals surface area (Å²) in [4.78, 5) is 2.43. The molecule has 58 heavy (non-hydrogen) atoms. The smallest absolute Gasteiger partial charge is 0.144 e. The van der Waals surface area contributed by atoms with E-state index in [0.29, 0.717) is 0 Å². The summed E-state index contributed by atoms with van der Waals surface area (Å²) in [5, 5.41) is 6.69. The van der Waals surface area contributed by atoms with Gasteiger partial charge in [0.15, 0.2) is 0 Å². The zero-order valence-corrected chi connectivity index (χ0v) is 32.0. The molecular weight excluding hydrogens is 727 g/mol. The number of fused-ring (bicyclic) bond motifs is 9. The molecule has 0 amide bonds. The Kier molecular flexibility index (Phi) is 7.40. The largest absolute Gasteiger partial charge is 0.456 e. The van der Waals surface area contributed by atoms with Crippen molar-refractivity contribution >= 4 is 92.4 Å². The summed E-state index contributed by atoms with van der Waals surface area (Å²) in [5.74, 6) is 0. The molecule has 3 aromatic heterocycles. The van der Waals surface area contributed by atoms with Crippen LogP contribution in [0.1, 0.15) is 0 Å². The van der Waals surface area contributed by atoms with E-state index in [-0.39, 0.29) is 0 Å². The minimum atomic E-state index is 0.825. The van der Waals surface area contributed by atoms with Gasteiger partial charge in [-0.25, -0.2) is 0 Å². The van der Waals surface area contributed by atoms with Crippen LogP contribution in [-0.4, -0.2) is 0 Å². The Morgan fingerprint density at radius 2 is 1.00 bits per heavy atom. The van der Waals surface area contributed by atoms with Gasteiger partial charge in [-0.15, -0.1) is 11.3 Å². The van der Waals surface area contributed by atoms with Crippen molar-refractivity contribution in [3.05, 3.63) is 200 Å². The monoisotopic (exact) mass is 759 g/mol. The van der Waals surface area contributed by atoms with Gasteiger partial charge in [-0.2, -0.15) is 0 Å². The second kappa shape index (κ2) is 13.1. The molecule has 0 spiro atoms. The summed E-state index contributed by atoms with van der Waals surface area (Å²) in [7, 11) is 0. The van der Waals surface area contributed by atoms with Gasteiger partial charge < -0.3 is 13.7 Å². The molecular formula is C54H33NO2S. The molecule has 4 heteroatoms. The average Bonchev–Trinajstić information content (AvgIpc) is 3.98. The second-order valence-electron chi connectivity index (χ2n) is 14.8. The number of para-hydroxylation sites is 2. The Labute approximate surface area is 338 Å². The Morgan fingerprint density at radius 1 is 0.379 bits per heavy atom. The SMILES string of the molecule is c1ccc(-c2ccccc2-c2c3oc4ccc(N(c5ccccc5-c5ccccc5)c5cccc6c5sc5ccccc56)cc4c3cc3oc4ccccc4c23)cc1. The van der Waals surface area contributed by atoms with Crippen molar-refractivity contribution < 1.29 is 8.83 Å². The molecule has 0 saturated carbocycles. The third-order valence-electron chi connectivity index (χ3n) is 11.5.